The highest BCUT2D eigenvalue weighted by Crippen LogP contribution is 2.30. The van der Waals surface area contributed by atoms with Crippen LogP contribution in [0.3, 0.4) is 0 Å². The number of hydrogen-bond acceptors (Lipinski definition) is 3. The predicted molar refractivity (Wildman–Crippen MR) is 82.4 cm³/mol. The molecule has 2 rings (SSSR count). The number of anilines is 2. The summed E-state index contributed by atoms with van der Waals surface area (Å²) in [6, 6.07) is 8.03. The number of methoxy groups -OCH3 is 1. The zero-order valence-electron chi connectivity index (χ0n) is 11.5. The molecule has 1 N–H and O–H groups in total. The van der Waals surface area contributed by atoms with Gasteiger partial charge in [0.1, 0.15) is 11.6 Å². The molecule has 0 radical (unpaired) electrons. The molecule has 0 aliphatic heterocycles. The van der Waals surface area contributed by atoms with E-state index in [4.69, 9.17) is 4.74 Å². The number of aryl methyl sites for hydroxylation is 3. The van der Waals surface area contributed by atoms with Gasteiger partial charge < -0.3 is 10.1 Å². The first-order valence-corrected chi connectivity index (χ1v) is 6.86. The summed E-state index contributed by atoms with van der Waals surface area (Å²) in [5, 5.41) is 3.30. The van der Waals surface area contributed by atoms with Crippen molar-refractivity contribution in [3.05, 3.63) is 45.6 Å². The second kappa shape index (κ2) is 5.61. The lowest BCUT2D eigenvalue weighted by molar-refractivity contribution is 0.416. The number of nitrogens with zero attached hydrogens (tertiary/aromatic N) is 1. The smallest absolute Gasteiger partial charge is 0.142 e. The van der Waals surface area contributed by atoms with E-state index in [9.17, 15) is 0 Å². The van der Waals surface area contributed by atoms with Gasteiger partial charge in [-0.25, -0.2) is 4.98 Å². The topological polar surface area (TPSA) is 34.1 Å². The van der Waals surface area contributed by atoms with Crippen molar-refractivity contribution < 1.29 is 4.74 Å². The lowest BCUT2D eigenvalue weighted by Crippen LogP contribution is -1.99. The average molecular weight is 321 g/mol. The van der Waals surface area contributed by atoms with Crippen molar-refractivity contribution in [1.82, 2.24) is 4.98 Å². The zero-order chi connectivity index (χ0) is 14.0. The maximum Gasteiger partial charge on any atom is 0.142 e. The predicted octanol–water partition coefficient (Wildman–Crippen LogP) is 4.52. The van der Waals surface area contributed by atoms with Crippen molar-refractivity contribution in [3.63, 3.8) is 0 Å². The Hall–Kier alpha value is -1.55. The Morgan fingerprint density at radius 1 is 1.11 bits per heavy atom. The Bertz CT molecular complexity index is 611. The zero-order valence-corrected chi connectivity index (χ0v) is 13.1. The van der Waals surface area contributed by atoms with E-state index in [2.05, 4.69) is 46.1 Å². The molecule has 19 heavy (non-hydrogen) atoms. The van der Waals surface area contributed by atoms with Crippen LogP contribution in [-0.2, 0) is 0 Å². The minimum atomic E-state index is 0.808. The Morgan fingerprint density at radius 3 is 2.42 bits per heavy atom. The van der Waals surface area contributed by atoms with Gasteiger partial charge in [0, 0.05) is 4.47 Å². The van der Waals surface area contributed by atoms with Crippen LogP contribution in [0.4, 0.5) is 11.5 Å². The second-order valence-electron chi connectivity index (χ2n) is 4.53. The summed E-state index contributed by atoms with van der Waals surface area (Å²) in [6.07, 6.45) is 0. The van der Waals surface area contributed by atoms with Crippen LogP contribution < -0.4 is 10.1 Å². The molecule has 3 nitrogen and oxygen atoms in total. The molecule has 0 amide bonds. The number of rotatable bonds is 3. The second-order valence-corrected chi connectivity index (χ2v) is 5.38. The highest BCUT2D eigenvalue weighted by molar-refractivity contribution is 9.10. The Balaban J connectivity index is 2.37. The Labute approximate surface area is 122 Å². The third-order valence-electron chi connectivity index (χ3n) is 3.10. The van der Waals surface area contributed by atoms with Gasteiger partial charge in [0.05, 0.1) is 18.5 Å². The molecule has 2 aromatic rings. The first-order chi connectivity index (χ1) is 9.01. The van der Waals surface area contributed by atoms with E-state index in [1.54, 1.807) is 7.11 Å². The summed E-state index contributed by atoms with van der Waals surface area (Å²) in [5.74, 6) is 1.63. The molecule has 0 aliphatic rings. The van der Waals surface area contributed by atoms with Crippen molar-refractivity contribution in [3.8, 4) is 5.75 Å². The molecule has 1 heterocycles. The fourth-order valence-electron chi connectivity index (χ4n) is 1.81. The molecular formula is C15H17BrN2O. The van der Waals surface area contributed by atoms with Gasteiger partial charge in [0.2, 0.25) is 0 Å². The van der Waals surface area contributed by atoms with Crippen LogP contribution in [0.2, 0.25) is 0 Å². The molecule has 4 heteroatoms. The molecular weight excluding hydrogens is 304 g/mol. The molecule has 0 saturated carbocycles. The summed E-state index contributed by atoms with van der Waals surface area (Å²) < 4.78 is 6.41. The van der Waals surface area contributed by atoms with Crippen LogP contribution >= 0.6 is 15.9 Å². The highest BCUT2D eigenvalue weighted by atomic mass is 79.9. The summed E-state index contributed by atoms with van der Waals surface area (Å²) >= 11 is 3.45. The van der Waals surface area contributed by atoms with E-state index < -0.39 is 0 Å². The van der Waals surface area contributed by atoms with Crippen LogP contribution in [0, 0.1) is 20.8 Å². The van der Waals surface area contributed by atoms with E-state index in [0.29, 0.717) is 0 Å². The molecule has 0 bridgehead atoms. The minimum Gasteiger partial charge on any atom is -0.495 e. The van der Waals surface area contributed by atoms with Crippen LogP contribution in [0.1, 0.15) is 16.8 Å². The largest absolute Gasteiger partial charge is 0.495 e. The Kier molecular flexibility index (Phi) is 4.10. The van der Waals surface area contributed by atoms with Crippen molar-refractivity contribution in [2.45, 2.75) is 20.8 Å². The van der Waals surface area contributed by atoms with Gasteiger partial charge in [0.15, 0.2) is 0 Å². The normalized spacial score (nSPS) is 10.4. The van der Waals surface area contributed by atoms with Crippen molar-refractivity contribution in [2.24, 2.45) is 0 Å². The number of halogens is 1. The lowest BCUT2D eigenvalue weighted by Gasteiger charge is -2.13. The maximum absolute atomic E-state index is 5.41. The molecule has 1 aromatic heterocycles. The molecule has 0 saturated heterocycles. The van der Waals surface area contributed by atoms with E-state index in [0.717, 1.165) is 27.4 Å². The van der Waals surface area contributed by atoms with Crippen LogP contribution in [0.5, 0.6) is 5.75 Å². The van der Waals surface area contributed by atoms with Gasteiger partial charge in [-0.1, -0.05) is 0 Å². The maximum atomic E-state index is 5.41. The number of nitrogens with one attached hydrogen (secondary N) is 1. The minimum absolute atomic E-state index is 0.808. The summed E-state index contributed by atoms with van der Waals surface area (Å²) in [7, 11) is 1.68. The van der Waals surface area contributed by atoms with E-state index in [1.807, 2.05) is 25.1 Å². The van der Waals surface area contributed by atoms with Gasteiger partial charge in [0.25, 0.3) is 0 Å². The fraction of sp³-hybridized carbons (Fsp3) is 0.267. The summed E-state index contributed by atoms with van der Waals surface area (Å²) in [5.41, 5.74) is 4.31. The van der Waals surface area contributed by atoms with Crippen molar-refractivity contribution in [2.75, 3.05) is 12.4 Å². The standard InChI is InChI=1S/C15H17BrN2O/c1-9-7-13(14(19-4)8-10(9)2)18-15-6-5-12(16)11(3)17-15/h5-8H,1-4H3,(H,17,18). The number of pyridine rings is 1. The van der Waals surface area contributed by atoms with E-state index >= 15 is 0 Å². The molecule has 0 fully saturated rings. The molecule has 0 atom stereocenters. The monoisotopic (exact) mass is 320 g/mol. The molecule has 100 valence electrons. The van der Waals surface area contributed by atoms with Gasteiger partial charge in [-0.05, 0) is 72.1 Å². The van der Waals surface area contributed by atoms with Crippen LogP contribution in [0.15, 0.2) is 28.7 Å². The van der Waals surface area contributed by atoms with Gasteiger partial charge in [-0.3, -0.25) is 0 Å². The van der Waals surface area contributed by atoms with Crippen molar-refractivity contribution in [1.29, 1.82) is 0 Å². The number of aromatic nitrogens is 1. The van der Waals surface area contributed by atoms with E-state index in [-0.39, 0.29) is 0 Å². The third kappa shape index (κ3) is 3.07. The van der Waals surface area contributed by atoms with Gasteiger partial charge in [-0.15, -0.1) is 0 Å². The fourth-order valence-corrected chi connectivity index (χ4v) is 2.03. The third-order valence-corrected chi connectivity index (χ3v) is 3.94. The van der Waals surface area contributed by atoms with Crippen LogP contribution in [0.25, 0.3) is 0 Å². The van der Waals surface area contributed by atoms with E-state index in [1.165, 1.54) is 11.1 Å². The molecule has 0 unspecified atom stereocenters. The molecule has 0 spiro atoms. The summed E-state index contributed by atoms with van der Waals surface area (Å²) in [6.45, 7) is 6.12. The lowest BCUT2D eigenvalue weighted by atomic mass is 10.1. The first kappa shape index (κ1) is 13.9. The quantitative estimate of drug-likeness (QED) is 0.902. The number of benzene rings is 1. The number of hydrogen-bond donors (Lipinski definition) is 1. The van der Waals surface area contributed by atoms with Gasteiger partial charge >= 0.3 is 0 Å². The highest BCUT2D eigenvalue weighted by Gasteiger charge is 2.07. The molecule has 1 aromatic carbocycles. The van der Waals surface area contributed by atoms with Gasteiger partial charge in [-0.2, -0.15) is 0 Å². The summed E-state index contributed by atoms with van der Waals surface area (Å²) in [4.78, 5) is 4.48. The first-order valence-electron chi connectivity index (χ1n) is 6.06. The van der Waals surface area contributed by atoms with Crippen molar-refractivity contribution >= 4 is 27.4 Å². The number of ether oxygens (including phenoxy) is 1. The Morgan fingerprint density at radius 2 is 1.79 bits per heavy atom. The molecule has 0 aliphatic carbocycles. The average Bonchev–Trinajstić information content (AvgIpc) is 2.38. The van der Waals surface area contributed by atoms with Crippen LogP contribution in [-0.4, -0.2) is 12.1 Å². The SMILES string of the molecule is COc1cc(C)c(C)cc1Nc1ccc(Br)c(C)n1.